The van der Waals surface area contributed by atoms with Gasteiger partial charge in [0.15, 0.2) is 11.5 Å². The molecule has 0 saturated heterocycles. The van der Waals surface area contributed by atoms with Crippen molar-refractivity contribution in [3.05, 3.63) is 53.9 Å². The molecule has 3 rings (SSSR count). The third-order valence-electron chi connectivity index (χ3n) is 4.29. The van der Waals surface area contributed by atoms with Gasteiger partial charge in [-0.15, -0.1) is 0 Å². The molecule has 1 heterocycles. The Morgan fingerprint density at radius 1 is 1.03 bits per heavy atom. The molecular formula is C21H23N3O5. The van der Waals surface area contributed by atoms with Crippen LogP contribution in [0, 0.1) is 0 Å². The lowest BCUT2D eigenvalue weighted by atomic mass is 10.1. The average molecular weight is 397 g/mol. The number of ether oxygens (including phenoxy) is 3. The fraction of sp³-hybridized carbons (Fsp3) is 0.286. The highest BCUT2D eigenvalue weighted by Gasteiger charge is 2.17. The van der Waals surface area contributed by atoms with Gasteiger partial charge in [-0.3, -0.25) is 4.79 Å². The van der Waals surface area contributed by atoms with Crippen molar-refractivity contribution in [1.82, 2.24) is 15.5 Å². The van der Waals surface area contributed by atoms with Gasteiger partial charge in [0.05, 0.1) is 21.3 Å². The van der Waals surface area contributed by atoms with Gasteiger partial charge in [0, 0.05) is 24.9 Å². The average Bonchev–Trinajstić information content (AvgIpc) is 3.25. The number of nitrogens with zero attached hydrogens (tertiary/aromatic N) is 2. The van der Waals surface area contributed by atoms with Crippen molar-refractivity contribution in [3.63, 3.8) is 0 Å². The van der Waals surface area contributed by atoms with Crippen LogP contribution in [-0.2, 0) is 17.8 Å². The fourth-order valence-electron chi connectivity index (χ4n) is 2.79. The molecule has 0 atom stereocenters. The number of amides is 1. The maximum absolute atomic E-state index is 12.1. The number of aryl methyl sites for hydroxylation is 1. The van der Waals surface area contributed by atoms with E-state index in [9.17, 15) is 4.79 Å². The Morgan fingerprint density at radius 3 is 2.34 bits per heavy atom. The van der Waals surface area contributed by atoms with E-state index in [1.807, 2.05) is 30.3 Å². The van der Waals surface area contributed by atoms with Crippen LogP contribution in [0.5, 0.6) is 17.2 Å². The highest BCUT2D eigenvalue weighted by atomic mass is 16.5. The molecule has 29 heavy (non-hydrogen) atoms. The van der Waals surface area contributed by atoms with Crippen LogP contribution in [-0.4, -0.2) is 37.4 Å². The Morgan fingerprint density at radius 2 is 1.72 bits per heavy atom. The normalized spacial score (nSPS) is 10.4. The van der Waals surface area contributed by atoms with Gasteiger partial charge in [-0.1, -0.05) is 35.5 Å². The van der Waals surface area contributed by atoms with Crippen LogP contribution in [0.1, 0.15) is 17.9 Å². The number of methoxy groups -OCH3 is 3. The Kier molecular flexibility index (Phi) is 6.67. The predicted molar refractivity (Wildman–Crippen MR) is 106 cm³/mol. The van der Waals surface area contributed by atoms with Gasteiger partial charge in [0.2, 0.25) is 23.4 Å². The molecule has 0 saturated carbocycles. The highest BCUT2D eigenvalue weighted by molar-refractivity contribution is 5.76. The number of rotatable bonds is 9. The van der Waals surface area contributed by atoms with E-state index >= 15 is 0 Å². The minimum Gasteiger partial charge on any atom is -0.493 e. The lowest BCUT2D eigenvalue weighted by molar-refractivity contribution is -0.121. The molecule has 0 aliphatic heterocycles. The molecule has 0 bridgehead atoms. The molecule has 152 valence electrons. The number of hydrogen-bond acceptors (Lipinski definition) is 7. The molecular weight excluding hydrogens is 374 g/mol. The summed E-state index contributed by atoms with van der Waals surface area (Å²) >= 11 is 0. The first-order chi connectivity index (χ1) is 14.1. The molecule has 1 aromatic heterocycles. The van der Waals surface area contributed by atoms with Gasteiger partial charge in [0.1, 0.15) is 0 Å². The third-order valence-corrected chi connectivity index (χ3v) is 4.29. The van der Waals surface area contributed by atoms with E-state index in [4.69, 9.17) is 18.7 Å². The van der Waals surface area contributed by atoms with Crippen LogP contribution >= 0.6 is 0 Å². The van der Waals surface area contributed by atoms with E-state index in [0.717, 1.165) is 5.56 Å². The van der Waals surface area contributed by atoms with Crippen molar-refractivity contribution in [2.24, 2.45) is 0 Å². The maximum atomic E-state index is 12.1. The Balaban J connectivity index is 1.62. The van der Waals surface area contributed by atoms with E-state index in [0.29, 0.717) is 47.5 Å². The van der Waals surface area contributed by atoms with Crippen molar-refractivity contribution in [2.75, 3.05) is 21.3 Å². The summed E-state index contributed by atoms with van der Waals surface area (Å²) in [4.78, 5) is 16.4. The van der Waals surface area contributed by atoms with Gasteiger partial charge in [-0.05, 0) is 17.7 Å². The number of hydrogen-bond donors (Lipinski definition) is 1. The van der Waals surface area contributed by atoms with Crippen LogP contribution in [0.25, 0.3) is 11.4 Å². The second-order valence-electron chi connectivity index (χ2n) is 6.19. The molecule has 2 aromatic carbocycles. The van der Waals surface area contributed by atoms with E-state index < -0.39 is 0 Å². The van der Waals surface area contributed by atoms with E-state index in [1.54, 1.807) is 12.1 Å². The largest absolute Gasteiger partial charge is 0.493 e. The first-order valence-electron chi connectivity index (χ1n) is 9.08. The summed E-state index contributed by atoms with van der Waals surface area (Å²) in [6, 6.07) is 13.2. The number of benzene rings is 2. The minimum atomic E-state index is -0.0820. The number of carbonyl (C=O) groups excluding carboxylic acids is 1. The summed E-state index contributed by atoms with van der Waals surface area (Å²) in [5.41, 5.74) is 1.70. The summed E-state index contributed by atoms with van der Waals surface area (Å²) in [6.07, 6.45) is 0.599. The van der Waals surface area contributed by atoms with Crippen molar-refractivity contribution < 1.29 is 23.5 Å². The van der Waals surface area contributed by atoms with Crippen LogP contribution in [0.3, 0.4) is 0 Å². The third kappa shape index (κ3) is 5.04. The standard InChI is InChI=1S/C21H23N3O5/c1-26-16-11-15(12-17(27-2)20(16)28-3)21-23-19(29-24-21)10-9-18(25)22-13-14-7-5-4-6-8-14/h4-8,11-12H,9-10,13H2,1-3H3,(H,22,25). The van der Waals surface area contributed by atoms with Gasteiger partial charge in [-0.25, -0.2) is 0 Å². The molecule has 0 fully saturated rings. The Bertz CT molecular complexity index is 931. The van der Waals surface area contributed by atoms with Gasteiger partial charge < -0.3 is 24.1 Å². The SMILES string of the molecule is COc1cc(-c2noc(CCC(=O)NCc3ccccc3)n2)cc(OC)c1OC. The van der Waals surface area contributed by atoms with Crippen molar-refractivity contribution in [2.45, 2.75) is 19.4 Å². The van der Waals surface area contributed by atoms with E-state index in [-0.39, 0.29) is 12.3 Å². The minimum absolute atomic E-state index is 0.0820. The molecule has 0 spiro atoms. The molecule has 1 amide bonds. The smallest absolute Gasteiger partial charge is 0.227 e. The lowest BCUT2D eigenvalue weighted by Gasteiger charge is -2.12. The van der Waals surface area contributed by atoms with Crippen LogP contribution < -0.4 is 19.5 Å². The zero-order valence-electron chi connectivity index (χ0n) is 16.6. The Hall–Kier alpha value is -3.55. The van der Waals surface area contributed by atoms with Gasteiger partial charge in [-0.2, -0.15) is 4.98 Å². The first kappa shape index (κ1) is 20.2. The predicted octanol–water partition coefficient (Wildman–Crippen LogP) is 3.01. The van der Waals surface area contributed by atoms with Crippen molar-refractivity contribution in [1.29, 1.82) is 0 Å². The summed E-state index contributed by atoms with van der Waals surface area (Å²) in [7, 11) is 4.61. The van der Waals surface area contributed by atoms with E-state index in [2.05, 4.69) is 15.5 Å². The molecule has 0 radical (unpaired) electrons. The van der Waals surface area contributed by atoms with Gasteiger partial charge >= 0.3 is 0 Å². The quantitative estimate of drug-likeness (QED) is 0.593. The molecule has 0 aliphatic carbocycles. The Labute approximate surface area is 168 Å². The molecule has 0 unspecified atom stereocenters. The number of aromatic nitrogens is 2. The summed E-state index contributed by atoms with van der Waals surface area (Å²) in [5.74, 6) is 2.15. The van der Waals surface area contributed by atoms with Gasteiger partial charge in [0.25, 0.3) is 0 Å². The summed E-state index contributed by atoms with van der Waals surface area (Å²) in [5, 5.41) is 6.87. The molecule has 8 heteroatoms. The molecule has 1 N–H and O–H groups in total. The molecule has 3 aromatic rings. The van der Waals surface area contributed by atoms with Crippen molar-refractivity contribution >= 4 is 5.91 Å². The second-order valence-corrected chi connectivity index (χ2v) is 6.19. The zero-order valence-corrected chi connectivity index (χ0v) is 16.6. The number of nitrogens with one attached hydrogen (secondary N) is 1. The highest BCUT2D eigenvalue weighted by Crippen LogP contribution is 2.40. The monoisotopic (exact) mass is 397 g/mol. The topological polar surface area (TPSA) is 95.7 Å². The second kappa shape index (κ2) is 9.59. The first-order valence-corrected chi connectivity index (χ1v) is 9.08. The lowest BCUT2D eigenvalue weighted by Crippen LogP contribution is -2.22. The molecule has 8 nitrogen and oxygen atoms in total. The van der Waals surface area contributed by atoms with Crippen molar-refractivity contribution in [3.8, 4) is 28.6 Å². The maximum Gasteiger partial charge on any atom is 0.227 e. The molecule has 0 aliphatic rings. The fourth-order valence-corrected chi connectivity index (χ4v) is 2.79. The summed E-state index contributed by atoms with van der Waals surface area (Å²) in [6.45, 7) is 0.486. The van der Waals surface area contributed by atoms with E-state index in [1.165, 1.54) is 21.3 Å². The van der Waals surface area contributed by atoms with Crippen LogP contribution in [0.4, 0.5) is 0 Å². The van der Waals surface area contributed by atoms with Crippen LogP contribution in [0.2, 0.25) is 0 Å². The van der Waals surface area contributed by atoms with Crippen LogP contribution in [0.15, 0.2) is 47.0 Å². The number of carbonyl (C=O) groups is 1. The zero-order chi connectivity index (χ0) is 20.6. The summed E-state index contributed by atoms with van der Waals surface area (Å²) < 4.78 is 21.3.